The first-order valence-corrected chi connectivity index (χ1v) is 9.90. The molecule has 0 saturated heterocycles. The third-order valence-corrected chi connectivity index (χ3v) is 5.52. The number of carbonyl (C=O) groups excluding carboxylic acids is 2. The van der Waals surface area contributed by atoms with Crippen LogP contribution >= 0.6 is 11.6 Å². The van der Waals surface area contributed by atoms with Crippen LogP contribution in [0.15, 0.2) is 48.8 Å². The predicted octanol–water partition coefficient (Wildman–Crippen LogP) is 4.34. The minimum atomic E-state index is -0.455. The highest BCUT2D eigenvalue weighted by Crippen LogP contribution is 2.34. The number of halogens is 1. The second-order valence-electron chi connectivity index (χ2n) is 7.12. The molecule has 0 aliphatic carbocycles. The summed E-state index contributed by atoms with van der Waals surface area (Å²) in [5, 5.41) is 3.58. The first-order valence-electron chi connectivity index (χ1n) is 9.52. The number of fused-ring (bicyclic) bond motifs is 1. The summed E-state index contributed by atoms with van der Waals surface area (Å²) in [6.45, 7) is 2.39. The fourth-order valence-corrected chi connectivity index (χ4v) is 3.79. The zero-order valence-corrected chi connectivity index (χ0v) is 17.4. The number of imidazole rings is 1. The van der Waals surface area contributed by atoms with Crippen LogP contribution in [-0.4, -0.2) is 40.5 Å². The van der Waals surface area contributed by atoms with Crippen molar-refractivity contribution in [1.29, 1.82) is 0 Å². The SMILES string of the molecule is COC(=O)c1ccc(C)c(NC(=O)N2CCc3[nH]cnc3[C@@H]2c2ccc(Cl)cc2)c1. The zero-order chi connectivity index (χ0) is 21.3. The van der Waals surface area contributed by atoms with Crippen LogP contribution in [0.3, 0.4) is 0 Å². The summed E-state index contributed by atoms with van der Waals surface area (Å²) in [5.74, 6) is -0.455. The van der Waals surface area contributed by atoms with Crippen molar-refractivity contribution in [1.82, 2.24) is 14.9 Å². The topological polar surface area (TPSA) is 87.3 Å². The van der Waals surface area contributed by atoms with Crippen LogP contribution in [0, 0.1) is 6.92 Å². The van der Waals surface area contributed by atoms with Crippen molar-refractivity contribution in [2.24, 2.45) is 0 Å². The largest absolute Gasteiger partial charge is 0.465 e. The standard InChI is InChI=1S/C22H21ClN4O3/c1-13-3-4-15(21(28)30-2)11-18(13)26-22(29)27-10-9-17-19(25-12-24-17)20(27)14-5-7-16(23)8-6-14/h3-8,11-12,20H,9-10H2,1-2H3,(H,24,25)(H,26,29)/t20-/m0/s1. The number of amides is 2. The molecule has 0 saturated carbocycles. The molecule has 1 aliphatic rings. The average molecular weight is 425 g/mol. The van der Waals surface area contributed by atoms with Gasteiger partial charge < -0.3 is 19.9 Å². The number of hydrogen-bond donors (Lipinski definition) is 2. The number of H-pyrrole nitrogens is 1. The van der Waals surface area contributed by atoms with Crippen molar-refractivity contribution < 1.29 is 14.3 Å². The van der Waals surface area contributed by atoms with Gasteiger partial charge in [-0.3, -0.25) is 0 Å². The molecule has 1 aromatic heterocycles. The lowest BCUT2D eigenvalue weighted by atomic mass is 9.96. The molecule has 0 radical (unpaired) electrons. The number of nitrogens with zero attached hydrogens (tertiary/aromatic N) is 2. The normalized spacial score (nSPS) is 15.4. The summed E-state index contributed by atoms with van der Waals surface area (Å²) in [7, 11) is 1.33. The Morgan fingerprint density at radius 1 is 1.23 bits per heavy atom. The minimum Gasteiger partial charge on any atom is -0.465 e. The summed E-state index contributed by atoms with van der Waals surface area (Å²) in [5.41, 5.74) is 4.53. The molecule has 0 spiro atoms. The van der Waals surface area contributed by atoms with Crippen molar-refractivity contribution in [3.05, 3.63) is 81.9 Å². The summed E-state index contributed by atoms with van der Waals surface area (Å²) in [6, 6.07) is 11.9. The van der Waals surface area contributed by atoms with Crippen LogP contribution in [0.5, 0.6) is 0 Å². The predicted molar refractivity (Wildman–Crippen MR) is 114 cm³/mol. The van der Waals surface area contributed by atoms with Gasteiger partial charge in [-0.05, 0) is 42.3 Å². The van der Waals surface area contributed by atoms with Gasteiger partial charge in [0, 0.05) is 29.4 Å². The number of carbonyl (C=O) groups is 2. The number of urea groups is 1. The molecule has 3 aromatic rings. The van der Waals surface area contributed by atoms with Crippen molar-refractivity contribution in [3.63, 3.8) is 0 Å². The van der Waals surface area contributed by atoms with Gasteiger partial charge in [0.05, 0.1) is 24.7 Å². The molecule has 30 heavy (non-hydrogen) atoms. The van der Waals surface area contributed by atoms with E-state index in [1.165, 1.54) is 7.11 Å². The van der Waals surface area contributed by atoms with Crippen molar-refractivity contribution in [3.8, 4) is 0 Å². The summed E-state index contributed by atoms with van der Waals surface area (Å²) < 4.78 is 4.78. The van der Waals surface area contributed by atoms with E-state index in [1.807, 2.05) is 19.1 Å². The van der Waals surface area contributed by atoms with Gasteiger partial charge >= 0.3 is 12.0 Å². The Bertz CT molecular complexity index is 1090. The number of methoxy groups -OCH3 is 1. The lowest BCUT2D eigenvalue weighted by Gasteiger charge is -2.35. The molecule has 2 amide bonds. The maximum absolute atomic E-state index is 13.3. The highest BCUT2D eigenvalue weighted by molar-refractivity contribution is 6.30. The van der Waals surface area contributed by atoms with Crippen LogP contribution < -0.4 is 5.32 Å². The van der Waals surface area contributed by atoms with E-state index in [0.29, 0.717) is 29.2 Å². The fourth-order valence-electron chi connectivity index (χ4n) is 3.67. The monoisotopic (exact) mass is 424 g/mol. The zero-order valence-electron chi connectivity index (χ0n) is 16.6. The molecule has 2 N–H and O–H groups in total. The number of benzene rings is 2. The van der Waals surface area contributed by atoms with Gasteiger partial charge in [0.2, 0.25) is 0 Å². The van der Waals surface area contributed by atoms with Gasteiger partial charge in [0.15, 0.2) is 0 Å². The summed E-state index contributed by atoms with van der Waals surface area (Å²) >= 11 is 6.05. The molecule has 1 aliphatic heterocycles. The summed E-state index contributed by atoms with van der Waals surface area (Å²) in [6.07, 6.45) is 2.33. The Morgan fingerprint density at radius 2 is 2.00 bits per heavy atom. The van der Waals surface area contributed by atoms with E-state index in [-0.39, 0.29) is 12.1 Å². The van der Waals surface area contributed by atoms with Crippen LogP contribution in [0.1, 0.15) is 38.9 Å². The quantitative estimate of drug-likeness (QED) is 0.612. The maximum Gasteiger partial charge on any atom is 0.337 e. The van der Waals surface area contributed by atoms with E-state index in [2.05, 4.69) is 15.3 Å². The molecule has 2 heterocycles. The molecule has 7 nitrogen and oxygen atoms in total. The van der Waals surface area contributed by atoms with E-state index in [4.69, 9.17) is 16.3 Å². The number of rotatable bonds is 3. The first-order chi connectivity index (χ1) is 14.5. The van der Waals surface area contributed by atoms with E-state index >= 15 is 0 Å². The number of aromatic nitrogens is 2. The van der Waals surface area contributed by atoms with Crippen LogP contribution in [0.2, 0.25) is 5.02 Å². The Morgan fingerprint density at radius 3 is 2.73 bits per heavy atom. The van der Waals surface area contributed by atoms with Gasteiger partial charge in [0.1, 0.15) is 6.04 Å². The average Bonchev–Trinajstić information content (AvgIpc) is 3.23. The molecule has 4 rings (SSSR count). The Balaban J connectivity index is 1.66. The van der Waals surface area contributed by atoms with Crippen molar-refractivity contribution >= 4 is 29.3 Å². The van der Waals surface area contributed by atoms with Gasteiger partial charge in [-0.15, -0.1) is 0 Å². The second-order valence-corrected chi connectivity index (χ2v) is 7.55. The molecule has 154 valence electrons. The number of aromatic amines is 1. The molecule has 2 aromatic carbocycles. The lowest BCUT2D eigenvalue weighted by molar-refractivity contribution is 0.0600. The van der Waals surface area contributed by atoms with Crippen LogP contribution in [-0.2, 0) is 11.2 Å². The van der Waals surface area contributed by atoms with E-state index < -0.39 is 5.97 Å². The van der Waals surface area contributed by atoms with Crippen LogP contribution in [0.4, 0.5) is 10.5 Å². The third-order valence-electron chi connectivity index (χ3n) is 5.27. The molecule has 8 heteroatoms. The molecule has 0 unspecified atom stereocenters. The molecular formula is C22H21ClN4O3. The van der Waals surface area contributed by atoms with Crippen LogP contribution in [0.25, 0.3) is 0 Å². The van der Waals surface area contributed by atoms with Gasteiger partial charge in [-0.1, -0.05) is 29.8 Å². The number of hydrogen-bond acceptors (Lipinski definition) is 4. The number of nitrogens with one attached hydrogen (secondary N) is 2. The summed E-state index contributed by atoms with van der Waals surface area (Å²) in [4.78, 5) is 34.5. The third kappa shape index (κ3) is 3.76. The number of aryl methyl sites for hydroxylation is 1. The van der Waals surface area contributed by atoms with E-state index in [1.54, 1.807) is 41.6 Å². The minimum absolute atomic E-state index is 0.270. The maximum atomic E-state index is 13.3. The van der Waals surface area contributed by atoms with E-state index in [0.717, 1.165) is 22.5 Å². The number of anilines is 1. The number of ether oxygens (including phenoxy) is 1. The molecular weight excluding hydrogens is 404 g/mol. The molecule has 0 bridgehead atoms. The smallest absolute Gasteiger partial charge is 0.337 e. The van der Waals surface area contributed by atoms with Gasteiger partial charge in [0.25, 0.3) is 0 Å². The second kappa shape index (κ2) is 8.20. The Hall–Kier alpha value is -3.32. The van der Waals surface area contributed by atoms with Gasteiger partial charge in [-0.2, -0.15) is 0 Å². The number of esters is 1. The van der Waals surface area contributed by atoms with Crippen molar-refractivity contribution in [2.75, 3.05) is 19.0 Å². The van der Waals surface area contributed by atoms with E-state index in [9.17, 15) is 9.59 Å². The first kappa shape index (κ1) is 20.0. The molecule has 0 fully saturated rings. The Labute approximate surface area is 179 Å². The van der Waals surface area contributed by atoms with Crippen molar-refractivity contribution in [2.45, 2.75) is 19.4 Å². The van der Waals surface area contributed by atoms with Gasteiger partial charge in [-0.25, -0.2) is 14.6 Å². The fraction of sp³-hybridized carbons (Fsp3) is 0.227. The highest BCUT2D eigenvalue weighted by Gasteiger charge is 2.34. The molecule has 1 atom stereocenters. The Kier molecular flexibility index (Phi) is 5.46. The highest BCUT2D eigenvalue weighted by atomic mass is 35.5. The lowest BCUT2D eigenvalue weighted by Crippen LogP contribution is -2.43.